The Kier molecular flexibility index (Phi) is 7.04. The minimum absolute atomic E-state index is 0.0740. The number of phenols is 1. The van der Waals surface area contributed by atoms with Crippen molar-refractivity contribution in [2.75, 3.05) is 64.1 Å². The topological polar surface area (TPSA) is 102 Å². The average Bonchev–Trinajstić information content (AvgIpc) is 2.74. The molecule has 1 amide bonds. The summed E-state index contributed by atoms with van der Waals surface area (Å²) >= 11 is 0. The molecule has 10 heteroatoms. The zero-order valence-electron chi connectivity index (χ0n) is 17.9. The van der Waals surface area contributed by atoms with E-state index >= 15 is 0 Å². The lowest BCUT2D eigenvalue weighted by Gasteiger charge is -2.35. The number of hydrogen-bond donors (Lipinski definition) is 2. The van der Waals surface area contributed by atoms with Crippen LogP contribution in [0.2, 0.25) is 0 Å². The number of para-hydroxylation sites is 2. The number of ether oxygens (including phenoxy) is 1. The first-order chi connectivity index (χ1) is 14.7. The number of hydrogen-bond acceptors (Lipinski definition) is 7. The fraction of sp³-hybridized carbons (Fsp3) is 0.381. The van der Waals surface area contributed by atoms with Crippen LogP contribution in [0.25, 0.3) is 0 Å². The summed E-state index contributed by atoms with van der Waals surface area (Å²) in [4.78, 5) is 16.8. The van der Waals surface area contributed by atoms with Gasteiger partial charge in [-0.15, -0.1) is 0 Å². The maximum absolute atomic E-state index is 12.6. The Morgan fingerprint density at radius 2 is 1.81 bits per heavy atom. The molecule has 1 heterocycles. The van der Waals surface area contributed by atoms with Gasteiger partial charge in [0.1, 0.15) is 11.5 Å². The molecule has 1 saturated heterocycles. The Morgan fingerprint density at radius 3 is 2.42 bits per heavy atom. The fourth-order valence-electron chi connectivity index (χ4n) is 3.43. The van der Waals surface area contributed by atoms with E-state index in [4.69, 9.17) is 4.74 Å². The van der Waals surface area contributed by atoms with Gasteiger partial charge < -0.3 is 20.1 Å². The van der Waals surface area contributed by atoms with Crippen molar-refractivity contribution in [1.29, 1.82) is 0 Å². The van der Waals surface area contributed by atoms with E-state index in [1.54, 1.807) is 12.1 Å². The van der Waals surface area contributed by atoms with Crippen molar-refractivity contribution in [2.24, 2.45) is 0 Å². The van der Waals surface area contributed by atoms with Gasteiger partial charge in [-0.1, -0.05) is 12.1 Å². The summed E-state index contributed by atoms with van der Waals surface area (Å²) in [5.41, 5.74) is 1.10. The lowest BCUT2D eigenvalue weighted by Crippen LogP contribution is -2.48. The van der Waals surface area contributed by atoms with Gasteiger partial charge in [0.15, 0.2) is 0 Å². The Morgan fingerprint density at radius 1 is 1.13 bits per heavy atom. The number of carbonyl (C=O) groups is 1. The SMILES string of the molecule is COc1ccc(S(=O)(=O)N(C)C)cc1NC(=O)CN1CCN(c2ccccc2O)CC1. The first-order valence-electron chi connectivity index (χ1n) is 9.88. The van der Waals surface area contributed by atoms with E-state index in [1.807, 2.05) is 17.0 Å². The number of methoxy groups -OCH3 is 1. The van der Waals surface area contributed by atoms with E-state index < -0.39 is 10.0 Å². The second kappa shape index (κ2) is 9.54. The standard InChI is InChI=1S/C21H28N4O5S/c1-23(2)31(28,29)16-8-9-20(30-3)17(14-16)22-21(27)15-24-10-12-25(13-11-24)18-6-4-5-7-19(18)26/h4-9,14,26H,10-13,15H2,1-3H3,(H,22,27). The highest BCUT2D eigenvalue weighted by atomic mass is 32.2. The minimum Gasteiger partial charge on any atom is -0.506 e. The number of anilines is 2. The van der Waals surface area contributed by atoms with Crippen molar-refractivity contribution in [3.05, 3.63) is 42.5 Å². The summed E-state index contributed by atoms with van der Waals surface area (Å²) in [6.07, 6.45) is 0. The summed E-state index contributed by atoms with van der Waals surface area (Å²) in [5, 5.41) is 12.8. The number of rotatable bonds is 7. The highest BCUT2D eigenvalue weighted by Gasteiger charge is 2.23. The van der Waals surface area contributed by atoms with E-state index in [1.165, 1.54) is 39.4 Å². The van der Waals surface area contributed by atoms with E-state index in [2.05, 4.69) is 10.2 Å². The van der Waals surface area contributed by atoms with Crippen molar-refractivity contribution in [3.8, 4) is 11.5 Å². The van der Waals surface area contributed by atoms with Crippen molar-refractivity contribution < 1.29 is 23.1 Å². The number of aromatic hydroxyl groups is 1. The molecule has 0 aromatic heterocycles. The molecule has 2 aromatic rings. The summed E-state index contributed by atoms with van der Waals surface area (Å²) in [7, 11) is 0.730. The zero-order chi connectivity index (χ0) is 22.6. The van der Waals surface area contributed by atoms with Crippen LogP contribution in [0.5, 0.6) is 11.5 Å². The number of benzene rings is 2. The number of amides is 1. The van der Waals surface area contributed by atoms with Crippen molar-refractivity contribution in [3.63, 3.8) is 0 Å². The third-order valence-electron chi connectivity index (χ3n) is 5.19. The van der Waals surface area contributed by atoms with Gasteiger partial charge in [0.25, 0.3) is 0 Å². The monoisotopic (exact) mass is 448 g/mol. The van der Waals surface area contributed by atoms with Gasteiger partial charge in [-0.25, -0.2) is 12.7 Å². The smallest absolute Gasteiger partial charge is 0.242 e. The predicted octanol–water partition coefficient (Wildman–Crippen LogP) is 1.41. The van der Waals surface area contributed by atoms with Gasteiger partial charge in [-0.05, 0) is 30.3 Å². The molecule has 2 N–H and O–H groups in total. The lowest BCUT2D eigenvalue weighted by molar-refractivity contribution is -0.117. The predicted molar refractivity (Wildman–Crippen MR) is 119 cm³/mol. The van der Waals surface area contributed by atoms with Gasteiger partial charge in [0, 0.05) is 40.3 Å². The molecule has 0 aliphatic carbocycles. The lowest BCUT2D eigenvalue weighted by atomic mass is 10.2. The van der Waals surface area contributed by atoms with E-state index in [0.29, 0.717) is 37.6 Å². The number of phenolic OH excluding ortho intramolecular Hbond substituents is 1. The van der Waals surface area contributed by atoms with Gasteiger partial charge in [0.2, 0.25) is 15.9 Å². The fourth-order valence-corrected chi connectivity index (χ4v) is 4.36. The number of sulfonamides is 1. The molecule has 168 valence electrons. The van der Waals surface area contributed by atoms with Crippen LogP contribution in [-0.4, -0.2) is 82.6 Å². The Bertz CT molecular complexity index is 1030. The maximum atomic E-state index is 12.6. The number of carbonyl (C=O) groups excluding carboxylic acids is 1. The summed E-state index contributed by atoms with van der Waals surface area (Å²) in [6.45, 7) is 2.86. The molecular weight excluding hydrogens is 420 g/mol. The maximum Gasteiger partial charge on any atom is 0.242 e. The number of piperazine rings is 1. The van der Waals surface area contributed by atoms with Crippen LogP contribution in [0.1, 0.15) is 0 Å². The van der Waals surface area contributed by atoms with Crippen LogP contribution in [0, 0.1) is 0 Å². The van der Waals surface area contributed by atoms with Gasteiger partial charge >= 0.3 is 0 Å². The molecule has 0 radical (unpaired) electrons. The largest absolute Gasteiger partial charge is 0.506 e. The van der Waals surface area contributed by atoms with Crippen LogP contribution >= 0.6 is 0 Å². The van der Waals surface area contributed by atoms with Crippen LogP contribution in [-0.2, 0) is 14.8 Å². The molecule has 0 unspecified atom stereocenters. The first kappa shape index (κ1) is 22.9. The van der Waals surface area contributed by atoms with Crippen LogP contribution in [0.15, 0.2) is 47.4 Å². The molecule has 0 bridgehead atoms. The van der Waals surface area contributed by atoms with Crippen molar-refractivity contribution in [1.82, 2.24) is 9.21 Å². The molecule has 0 spiro atoms. The summed E-state index contributed by atoms with van der Waals surface area (Å²) in [6, 6.07) is 11.6. The molecule has 1 aliphatic rings. The normalized spacial score (nSPS) is 15.2. The third kappa shape index (κ3) is 5.27. The molecule has 0 saturated carbocycles. The second-order valence-electron chi connectivity index (χ2n) is 7.45. The third-order valence-corrected chi connectivity index (χ3v) is 7.00. The highest BCUT2D eigenvalue weighted by Crippen LogP contribution is 2.29. The highest BCUT2D eigenvalue weighted by molar-refractivity contribution is 7.89. The first-order valence-corrected chi connectivity index (χ1v) is 11.3. The van der Waals surface area contributed by atoms with Gasteiger partial charge in [0.05, 0.1) is 29.9 Å². The number of nitrogens with one attached hydrogen (secondary N) is 1. The molecule has 2 aromatic carbocycles. The number of nitrogens with zero attached hydrogens (tertiary/aromatic N) is 3. The van der Waals surface area contributed by atoms with Crippen LogP contribution in [0.4, 0.5) is 11.4 Å². The van der Waals surface area contributed by atoms with E-state index in [0.717, 1.165) is 9.99 Å². The Balaban J connectivity index is 1.63. The van der Waals surface area contributed by atoms with Crippen molar-refractivity contribution >= 4 is 27.3 Å². The molecule has 1 aliphatic heterocycles. The van der Waals surface area contributed by atoms with Crippen LogP contribution < -0.4 is 15.0 Å². The Labute approximate surface area is 182 Å². The van der Waals surface area contributed by atoms with Crippen molar-refractivity contribution in [2.45, 2.75) is 4.90 Å². The molecular formula is C21H28N4O5S. The second-order valence-corrected chi connectivity index (χ2v) is 9.60. The molecule has 31 heavy (non-hydrogen) atoms. The van der Waals surface area contributed by atoms with Crippen LogP contribution in [0.3, 0.4) is 0 Å². The average molecular weight is 449 g/mol. The molecule has 3 rings (SSSR count). The van der Waals surface area contributed by atoms with E-state index in [9.17, 15) is 18.3 Å². The Hall–Kier alpha value is -2.82. The minimum atomic E-state index is -3.63. The van der Waals surface area contributed by atoms with Gasteiger partial charge in [-0.2, -0.15) is 0 Å². The summed E-state index contributed by atoms with van der Waals surface area (Å²) < 4.78 is 31.2. The molecule has 0 atom stereocenters. The van der Waals surface area contributed by atoms with E-state index in [-0.39, 0.29) is 23.1 Å². The molecule has 1 fully saturated rings. The molecule has 9 nitrogen and oxygen atoms in total. The zero-order valence-corrected chi connectivity index (χ0v) is 18.7. The summed E-state index contributed by atoms with van der Waals surface area (Å²) in [5.74, 6) is 0.373. The quantitative estimate of drug-likeness (QED) is 0.660. The van der Waals surface area contributed by atoms with Gasteiger partial charge in [-0.3, -0.25) is 9.69 Å².